The highest BCUT2D eigenvalue weighted by molar-refractivity contribution is 7.99. The third-order valence-electron chi connectivity index (χ3n) is 5.41. The standard InChI is InChI=1S/C27H25N5O5S/c1-2-19(26(36)32-31-23(33)16-38-27-30-21-14-8-9-15-22(21)37-27)28-25(35)18-12-6-7-13-20(18)29-24(34)17-10-4-3-5-11-17/h3-15,19H,2,16H2,1H3,(H,28,35)(H,29,34)(H,31,33)(H,32,36)/t19-/m1/s1. The van der Waals surface area contributed by atoms with E-state index in [1.807, 2.05) is 12.1 Å². The molecule has 0 aliphatic heterocycles. The van der Waals surface area contributed by atoms with E-state index in [2.05, 4.69) is 26.5 Å². The van der Waals surface area contributed by atoms with E-state index in [4.69, 9.17) is 4.42 Å². The average Bonchev–Trinajstić information content (AvgIpc) is 3.37. The Morgan fingerprint density at radius 3 is 2.34 bits per heavy atom. The lowest BCUT2D eigenvalue weighted by Crippen LogP contribution is -2.52. The lowest BCUT2D eigenvalue weighted by molar-refractivity contribution is -0.128. The molecule has 0 bridgehead atoms. The Bertz CT molecular complexity index is 1420. The summed E-state index contributed by atoms with van der Waals surface area (Å²) < 4.78 is 5.55. The van der Waals surface area contributed by atoms with Gasteiger partial charge in [-0.2, -0.15) is 0 Å². The molecule has 4 N–H and O–H groups in total. The van der Waals surface area contributed by atoms with Crippen LogP contribution in [-0.2, 0) is 9.59 Å². The molecule has 0 unspecified atom stereocenters. The lowest BCUT2D eigenvalue weighted by atomic mass is 10.1. The third kappa shape index (κ3) is 6.77. The van der Waals surface area contributed by atoms with Gasteiger partial charge in [0.1, 0.15) is 11.6 Å². The second kappa shape index (κ2) is 12.5. The number of benzene rings is 3. The van der Waals surface area contributed by atoms with Gasteiger partial charge in [0.15, 0.2) is 5.58 Å². The van der Waals surface area contributed by atoms with E-state index in [0.717, 1.165) is 11.8 Å². The van der Waals surface area contributed by atoms with Crippen molar-refractivity contribution in [3.05, 3.63) is 90.0 Å². The van der Waals surface area contributed by atoms with Gasteiger partial charge in [-0.25, -0.2) is 4.98 Å². The molecule has 38 heavy (non-hydrogen) atoms. The van der Waals surface area contributed by atoms with Crippen LogP contribution >= 0.6 is 11.8 Å². The molecule has 0 aliphatic rings. The number of hydrazine groups is 1. The molecule has 4 aromatic rings. The summed E-state index contributed by atoms with van der Waals surface area (Å²) in [6.07, 6.45) is 0.267. The zero-order valence-corrected chi connectivity index (χ0v) is 21.2. The summed E-state index contributed by atoms with van der Waals surface area (Å²) in [4.78, 5) is 54.7. The van der Waals surface area contributed by atoms with Gasteiger partial charge >= 0.3 is 0 Å². The van der Waals surface area contributed by atoms with E-state index >= 15 is 0 Å². The Kier molecular flexibility index (Phi) is 8.73. The first kappa shape index (κ1) is 26.4. The molecule has 0 saturated carbocycles. The second-order valence-electron chi connectivity index (χ2n) is 8.07. The van der Waals surface area contributed by atoms with Gasteiger partial charge in [-0.05, 0) is 42.8 Å². The first-order valence-corrected chi connectivity index (χ1v) is 12.8. The smallest absolute Gasteiger partial charge is 0.260 e. The van der Waals surface area contributed by atoms with Gasteiger partial charge in [-0.1, -0.05) is 61.2 Å². The second-order valence-corrected chi connectivity index (χ2v) is 9.00. The molecule has 0 fully saturated rings. The van der Waals surface area contributed by atoms with Crippen LogP contribution in [0.15, 0.2) is 88.5 Å². The fourth-order valence-corrected chi connectivity index (χ4v) is 4.10. The van der Waals surface area contributed by atoms with Gasteiger partial charge in [0.25, 0.3) is 22.9 Å². The number of hydrogen-bond donors (Lipinski definition) is 4. The molecule has 0 spiro atoms. The number of oxazole rings is 1. The summed E-state index contributed by atoms with van der Waals surface area (Å²) >= 11 is 1.09. The fraction of sp³-hybridized carbons (Fsp3) is 0.148. The zero-order chi connectivity index (χ0) is 26.9. The predicted molar refractivity (Wildman–Crippen MR) is 143 cm³/mol. The van der Waals surface area contributed by atoms with Crippen molar-refractivity contribution >= 4 is 52.2 Å². The van der Waals surface area contributed by atoms with E-state index < -0.39 is 23.8 Å². The Hall–Kier alpha value is -4.64. The number of fused-ring (bicyclic) bond motifs is 1. The zero-order valence-electron chi connectivity index (χ0n) is 20.4. The van der Waals surface area contributed by atoms with Crippen molar-refractivity contribution in [1.82, 2.24) is 21.2 Å². The summed E-state index contributed by atoms with van der Waals surface area (Å²) in [6, 6.07) is 21.4. The first-order chi connectivity index (χ1) is 18.4. The summed E-state index contributed by atoms with van der Waals surface area (Å²) in [7, 11) is 0. The number of para-hydroxylation sites is 3. The Morgan fingerprint density at radius 1 is 0.868 bits per heavy atom. The van der Waals surface area contributed by atoms with Crippen LogP contribution in [0.5, 0.6) is 0 Å². The number of carbonyl (C=O) groups excluding carboxylic acids is 4. The molecule has 1 aromatic heterocycles. The van der Waals surface area contributed by atoms with Crippen LogP contribution in [-0.4, -0.2) is 40.4 Å². The normalized spacial score (nSPS) is 11.4. The number of amides is 4. The Morgan fingerprint density at radius 2 is 1.58 bits per heavy atom. The van der Waals surface area contributed by atoms with Crippen LogP contribution in [0.25, 0.3) is 11.1 Å². The topological polar surface area (TPSA) is 142 Å². The number of hydrogen-bond acceptors (Lipinski definition) is 7. The van der Waals surface area contributed by atoms with E-state index in [-0.39, 0.29) is 23.6 Å². The van der Waals surface area contributed by atoms with Crippen molar-refractivity contribution in [2.24, 2.45) is 0 Å². The highest BCUT2D eigenvalue weighted by Gasteiger charge is 2.22. The number of thioether (sulfide) groups is 1. The van der Waals surface area contributed by atoms with Gasteiger partial charge in [-0.3, -0.25) is 30.0 Å². The Balaban J connectivity index is 1.29. The number of rotatable bonds is 9. The molecule has 194 valence electrons. The molecule has 0 aliphatic carbocycles. The minimum atomic E-state index is -0.926. The Labute approximate surface area is 222 Å². The number of nitrogens with zero attached hydrogens (tertiary/aromatic N) is 1. The number of aromatic nitrogens is 1. The van der Waals surface area contributed by atoms with Crippen molar-refractivity contribution in [1.29, 1.82) is 0 Å². The fourth-order valence-electron chi connectivity index (χ4n) is 3.46. The third-order valence-corrected chi connectivity index (χ3v) is 6.24. The molecule has 10 nitrogen and oxygen atoms in total. The van der Waals surface area contributed by atoms with Crippen molar-refractivity contribution in [2.45, 2.75) is 24.6 Å². The lowest BCUT2D eigenvalue weighted by Gasteiger charge is -2.18. The van der Waals surface area contributed by atoms with Gasteiger partial charge in [0, 0.05) is 5.56 Å². The molecular weight excluding hydrogens is 506 g/mol. The number of carbonyl (C=O) groups is 4. The number of nitrogens with one attached hydrogen (secondary N) is 4. The number of anilines is 1. The first-order valence-electron chi connectivity index (χ1n) is 11.8. The van der Waals surface area contributed by atoms with Gasteiger partial charge in [0.05, 0.1) is 17.0 Å². The summed E-state index contributed by atoms with van der Waals surface area (Å²) in [5.41, 5.74) is 6.91. The molecule has 11 heteroatoms. The molecule has 4 rings (SSSR count). The molecular formula is C27H25N5O5S. The minimum absolute atomic E-state index is 0.0370. The molecule has 1 atom stereocenters. The van der Waals surface area contributed by atoms with Gasteiger partial charge < -0.3 is 15.1 Å². The largest absolute Gasteiger partial charge is 0.431 e. The SMILES string of the molecule is CC[C@@H](NC(=O)c1ccccc1NC(=O)c1ccccc1)C(=O)NNC(=O)CSc1nc2ccccc2o1. The predicted octanol–water partition coefficient (Wildman–Crippen LogP) is 3.53. The van der Waals surface area contributed by atoms with Crippen molar-refractivity contribution in [2.75, 3.05) is 11.1 Å². The maximum Gasteiger partial charge on any atom is 0.260 e. The van der Waals surface area contributed by atoms with Crippen molar-refractivity contribution in [3.63, 3.8) is 0 Å². The van der Waals surface area contributed by atoms with Gasteiger partial charge in [-0.15, -0.1) is 0 Å². The quantitative estimate of drug-likeness (QED) is 0.191. The highest BCUT2D eigenvalue weighted by Crippen LogP contribution is 2.22. The maximum absolute atomic E-state index is 13.0. The van der Waals surface area contributed by atoms with E-state index in [1.54, 1.807) is 73.7 Å². The average molecular weight is 532 g/mol. The molecule has 4 amide bonds. The van der Waals surface area contributed by atoms with Crippen LogP contribution < -0.4 is 21.5 Å². The van der Waals surface area contributed by atoms with Gasteiger partial charge in [0.2, 0.25) is 5.91 Å². The molecule has 1 heterocycles. The van der Waals surface area contributed by atoms with E-state index in [1.165, 1.54) is 0 Å². The molecule has 0 radical (unpaired) electrons. The van der Waals surface area contributed by atoms with Crippen LogP contribution in [0.2, 0.25) is 0 Å². The summed E-state index contributed by atoms with van der Waals surface area (Å²) in [6.45, 7) is 1.72. The molecule has 3 aromatic carbocycles. The molecule has 0 saturated heterocycles. The minimum Gasteiger partial charge on any atom is -0.431 e. The van der Waals surface area contributed by atoms with E-state index in [0.29, 0.717) is 27.6 Å². The van der Waals surface area contributed by atoms with Crippen molar-refractivity contribution < 1.29 is 23.6 Å². The van der Waals surface area contributed by atoms with Crippen LogP contribution in [0.3, 0.4) is 0 Å². The van der Waals surface area contributed by atoms with Crippen molar-refractivity contribution in [3.8, 4) is 0 Å². The summed E-state index contributed by atoms with van der Waals surface area (Å²) in [5, 5.41) is 5.72. The van der Waals surface area contributed by atoms with E-state index in [9.17, 15) is 19.2 Å². The van der Waals surface area contributed by atoms with Crippen LogP contribution in [0, 0.1) is 0 Å². The van der Waals surface area contributed by atoms with Crippen LogP contribution in [0.1, 0.15) is 34.1 Å². The maximum atomic E-state index is 13.0. The summed E-state index contributed by atoms with van der Waals surface area (Å²) in [5.74, 6) is -2.01. The highest BCUT2D eigenvalue weighted by atomic mass is 32.2. The monoisotopic (exact) mass is 531 g/mol. The van der Waals surface area contributed by atoms with Crippen LogP contribution in [0.4, 0.5) is 5.69 Å².